The van der Waals surface area contributed by atoms with Gasteiger partial charge < -0.3 is 10.1 Å². The molecule has 1 saturated heterocycles. The first kappa shape index (κ1) is 12.1. The average molecular weight is 284 g/mol. The molecule has 2 unspecified atom stereocenters. The number of anilines is 1. The number of ether oxygens (including phenoxy) is 1. The van der Waals surface area contributed by atoms with Crippen LogP contribution in [0, 0.1) is 0 Å². The van der Waals surface area contributed by atoms with Gasteiger partial charge in [0.05, 0.1) is 17.0 Å². The molecule has 2 aromatic rings. The molecule has 0 spiro atoms. The van der Waals surface area contributed by atoms with Crippen LogP contribution in [-0.4, -0.2) is 28.2 Å². The summed E-state index contributed by atoms with van der Waals surface area (Å²) in [6, 6.07) is 2.02. The van der Waals surface area contributed by atoms with Crippen LogP contribution < -0.4 is 5.32 Å². The van der Waals surface area contributed by atoms with E-state index in [9.17, 15) is 0 Å². The standard InChI is InChI=1S/C12H14ClN3OS/c1-7-12(2,4-5-17-7)16-9-8-3-6-18-10(8)15-11(13)14-9/h3,6-7H,4-5H2,1-2H3,(H,14,15,16). The lowest BCUT2D eigenvalue weighted by atomic mass is 9.94. The van der Waals surface area contributed by atoms with Crippen LogP contribution in [0.5, 0.6) is 0 Å². The molecule has 0 bridgehead atoms. The molecule has 2 atom stereocenters. The fraction of sp³-hybridized carbons (Fsp3) is 0.500. The summed E-state index contributed by atoms with van der Waals surface area (Å²) in [5, 5.41) is 6.78. The van der Waals surface area contributed by atoms with Crippen LogP contribution in [0.3, 0.4) is 0 Å². The van der Waals surface area contributed by atoms with E-state index in [2.05, 4.69) is 29.1 Å². The summed E-state index contributed by atoms with van der Waals surface area (Å²) >= 11 is 7.53. The van der Waals surface area contributed by atoms with Crippen LogP contribution >= 0.6 is 22.9 Å². The molecule has 1 aliphatic rings. The first-order valence-electron chi connectivity index (χ1n) is 5.89. The number of aromatic nitrogens is 2. The van der Waals surface area contributed by atoms with Gasteiger partial charge in [-0.3, -0.25) is 0 Å². The Balaban J connectivity index is 2.01. The van der Waals surface area contributed by atoms with Crippen LogP contribution in [0.25, 0.3) is 10.2 Å². The second kappa shape index (κ2) is 4.33. The number of nitrogens with zero attached hydrogens (tertiary/aromatic N) is 2. The molecule has 6 heteroatoms. The molecule has 0 saturated carbocycles. The van der Waals surface area contributed by atoms with Crippen LogP contribution in [0.1, 0.15) is 20.3 Å². The second-order valence-electron chi connectivity index (χ2n) is 4.79. The zero-order chi connectivity index (χ0) is 12.8. The van der Waals surface area contributed by atoms with E-state index in [0.29, 0.717) is 0 Å². The summed E-state index contributed by atoms with van der Waals surface area (Å²) in [7, 11) is 0. The van der Waals surface area contributed by atoms with E-state index in [1.54, 1.807) is 11.3 Å². The van der Waals surface area contributed by atoms with Gasteiger partial charge in [-0.2, -0.15) is 0 Å². The SMILES string of the molecule is CC1OCCC1(C)Nc1nc(Cl)nc2sccc12. The van der Waals surface area contributed by atoms with Crippen molar-refractivity contribution in [3.05, 3.63) is 16.7 Å². The Morgan fingerprint density at radius 3 is 3.11 bits per heavy atom. The fourth-order valence-corrected chi connectivity index (χ4v) is 3.18. The summed E-state index contributed by atoms with van der Waals surface area (Å²) in [4.78, 5) is 9.44. The summed E-state index contributed by atoms with van der Waals surface area (Å²) in [6.45, 7) is 5.00. The Kier molecular flexibility index (Phi) is 2.92. The molecule has 0 amide bonds. The van der Waals surface area contributed by atoms with E-state index in [-0.39, 0.29) is 16.9 Å². The monoisotopic (exact) mass is 283 g/mol. The van der Waals surface area contributed by atoms with Crippen LogP contribution in [0.4, 0.5) is 5.82 Å². The quantitative estimate of drug-likeness (QED) is 0.859. The summed E-state index contributed by atoms with van der Waals surface area (Å²) in [5.41, 5.74) is -0.105. The summed E-state index contributed by atoms with van der Waals surface area (Å²) in [5.74, 6) is 0.797. The third-order valence-corrected chi connectivity index (χ3v) is 4.56. The Labute approximate surface area is 114 Å². The van der Waals surface area contributed by atoms with E-state index >= 15 is 0 Å². The minimum Gasteiger partial charge on any atom is -0.376 e. The van der Waals surface area contributed by atoms with Gasteiger partial charge in [0.2, 0.25) is 5.28 Å². The van der Waals surface area contributed by atoms with Gasteiger partial charge in [0.15, 0.2) is 0 Å². The number of hydrogen-bond acceptors (Lipinski definition) is 5. The van der Waals surface area contributed by atoms with Gasteiger partial charge in [0.1, 0.15) is 10.6 Å². The molecule has 2 aromatic heterocycles. The molecule has 1 fully saturated rings. The Bertz CT molecular complexity index is 588. The molecule has 3 rings (SSSR count). The van der Waals surface area contributed by atoms with Crippen molar-refractivity contribution < 1.29 is 4.74 Å². The number of thiophene rings is 1. The number of fused-ring (bicyclic) bond motifs is 1. The largest absolute Gasteiger partial charge is 0.376 e. The van der Waals surface area contributed by atoms with Crippen LogP contribution in [-0.2, 0) is 4.74 Å². The molecule has 18 heavy (non-hydrogen) atoms. The molecule has 0 aromatic carbocycles. The number of halogens is 1. The van der Waals surface area contributed by atoms with E-state index in [4.69, 9.17) is 16.3 Å². The van der Waals surface area contributed by atoms with Crippen LogP contribution in [0.15, 0.2) is 11.4 Å². The molecule has 3 heterocycles. The predicted octanol–water partition coefficient (Wildman–Crippen LogP) is 3.32. The minimum atomic E-state index is -0.105. The van der Waals surface area contributed by atoms with Gasteiger partial charge in [0, 0.05) is 6.61 Å². The van der Waals surface area contributed by atoms with E-state index in [1.165, 1.54) is 0 Å². The number of hydrogen-bond donors (Lipinski definition) is 1. The normalized spacial score (nSPS) is 27.8. The van der Waals surface area contributed by atoms with Gasteiger partial charge in [-0.25, -0.2) is 9.97 Å². The predicted molar refractivity (Wildman–Crippen MR) is 74.5 cm³/mol. The van der Waals surface area contributed by atoms with Crippen molar-refractivity contribution in [1.82, 2.24) is 9.97 Å². The summed E-state index contributed by atoms with van der Waals surface area (Å²) < 4.78 is 5.63. The van der Waals surface area contributed by atoms with Crippen LogP contribution in [0.2, 0.25) is 5.28 Å². The van der Waals surface area contributed by atoms with Crippen molar-refractivity contribution in [3.63, 3.8) is 0 Å². The highest BCUT2D eigenvalue weighted by Gasteiger charge is 2.37. The summed E-state index contributed by atoms with van der Waals surface area (Å²) in [6.07, 6.45) is 1.11. The van der Waals surface area contributed by atoms with Gasteiger partial charge in [-0.05, 0) is 43.3 Å². The molecular formula is C12H14ClN3OS. The molecule has 0 aliphatic carbocycles. The van der Waals surface area contributed by atoms with E-state index in [1.807, 2.05) is 11.4 Å². The van der Waals surface area contributed by atoms with Gasteiger partial charge in [-0.15, -0.1) is 11.3 Å². The smallest absolute Gasteiger partial charge is 0.225 e. The van der Waals surface area contributed by atoms with Gasteiger partial charge >= 0.3 is 0 Å². The zero-order valence-electron chi connectivity index (χ0n) is 10.2. The maximum absolute atomic E-state index is 5.96. The second-order valence-corrected chi connectivity index (χ2v) is 6.02. The van der Waals surface area contributed by atoms with Crippen molar-refractivity contribution in [1.29, 1.82) is 0 Å². The lowest BCUT2D eigenvalue weighted by molar-refractivity contribution is 0.105. The Morgan fingerprint density at radius 1 is 1.56 bits per heavy atom. The topological polar surface area (TPSA) is 47.0 Å². The van der Waals surface area contributed by atoms with Crippen molar-refractivity contribution in [2.24, 2.45) is 0 Å². The van der Waals surface area contributed by atoms with Crippen molar-refractivity contribution >= 4 is 39.0 Å². The van der Waals surface area contributed by atoms with E-state index in [0.717, 1.165) is 29.1 Å². The zero-order valence-corrected chi connectivity index (χ0v) is 11.8. The lowest BCUT2D eigenvalue weighted by Crippen LogP contribution is -2.41. The molecule has 1 N–H and O–H groups in total. The first-order valence-corrected chi connectivity index (χ1v) is 7.15. The maximum atomic E-state index is 5.96. The average Bonchev–Trinajstić information content (AvgIpc) is 2.87. The highest BCUT2D eigenvalue weighted by atomic mass is 35.5. The molecule has 4 nitrogen and oxygen atoms in total. The van der Waals surface area contributed by atoms with Crippen molar-refractivity contribution in [2.75, 3.05) is 11.9 Å². The van der Waals surface area contributed by atoms with Crippen molar-refractivity contribution in [3.8, 4) is 0 Å². The highest BCUT2D eigenvalue weighted by Crippen LogP contribution is 2.33. The Hall–Kier alpha value is -0.910. The molecular weight excluding hydrogens is 270 g/mol. The number of nitrogens with one attached hydrogen (secondary N) is 1. The number of rotatable bonds is 2. The third-order valence-electron chi connectivity index (χ3n) is 3.59. The van der Waals surface area contributed by atoms with E-state index < -0.39 is 0 Å². The molecule has 96 valence electrons. The maximum Gasteiger partial charge on any atom is 0.225 e. The van der Waals surface area contributed by atoms with Gasteiger partial charge in [-0.1, -0.05) is 0 Å². The molecule has 1 aliphatic heterocycles. The van der Waals surface area contributed by atoms with Crippen molar-refractivity contribution in [2.45, 2.75) is 31.9 Å². The third kappa shape index (κ3) is 1.96. The fourth-order valence-electron chi connectivity index (χ4n) is 2.19. The first-order chi connectivity index (χ1) is 8.58. The highest BCUT2D eigenvalue weighted by molar-refractivity contribution is 7.16. The Morgan fingerprint density at radius 2 is 2.39 bits per heavy atom. The lowest BCUT2D eigenvalue weighted by Gasteiger charge is -2.29. The van der Waals surface area contributed by atoms with Gasteiger partial charge in [0.25, 0.3) is 0 Å². The molecule has 0 radical (unpaired) electrons. The minimum absolute atomic E-state index is 0.105.